The molecule has 0 aliphatic carbocycles. The number of carbonyl (C=O) groups is 3. The first-order valence-corrected chi connectivity index (χ1v) is 10.1. The van der Waals surface area contributed by atoms with E-state index in [1.165, 1.54) is 12.4 Å². The van der Waals surface area contributed by atoms with Crippen molar-refractivity contribution in [3.63, 3.8) is 0 Å². The Kier molecular flexibility index (Phi) is 4.39. The maximum absolute atomic E-state index is 12.3. The number of nitrogens with one attached hydrogen (secondary N) is 2. The third-order valence-electron chi connectivity index (χ3n) is 5.18. The Bertz CT molecular complexity index is 1060. The van der Waals surface area contributed by atoms with Crippen LogP contribution >= 0.6 is 11.8 Å². The normalized spacial score (nSPS) is 20.7. The summed E-state index contributed by atoms with van der Waals surface area (Å²) in [6, 6.07) is 9.28. The lowest BCUT2D eigenvalue weighted by atomic mass is 9.73. The summed E-state index contributed by atoms with van der Waals surface area (Å²) in [4.78, 5) is 52.0. The molecule has 11 heteroatoms. The van der Waals surface area contributed by atoms with E-state index in [1.54, 1.807) is 4.90 Å². The molecule has 3 saturated heterocycles. The van der Waals surface area contributed by atoms with Crippen molar-refractivity contribution in [2.24, 2.45) is 5.41 Å². The van der Waals surface area contributed by atoms with Gasteiger partial charge < -0.3 is 15.1 Å². The quantitative estimate of drug-likeness (QED) is 0.714. The van der Waals surface area contributed by atoms with Gasteiger partial charge in [-0.2, -0.15) is 4.98 Å². The molecular weight excluding hydrogens is 406 g/mol. The van der Waals surface area contributed by atoms with Crippen LogP contribution in [0.4, 0.5) is 21.2 Å². The topological polar surface area (TPSA) is 120 Å². The average Bonchev–Trinajstić information content (AvgIpc) is 2.97. The first kappa shape index (κ1) is 18.6. The largest absolute Gasteiger partial charge is 0.339 e. The van der Waals surface area contributed by atoms with E-state index >= 15 is 0 Å². The molecule has 2 aromatic rings. The number of benzene rings is 1. The Labute approximate surface area is 175 Å². The van der Waals surface area contributed by atoms with Crippen molar-refractivity contribution in [2.45, 2.75) is 0 Å². The Morgan fingerprint density at radius 1 is 1.13 bits per heavy atom. The van der Waals surface area contributed by atoms with E-state index in [-0.39, 0.29) is 16.4 Å². The number of hydrogen-bond acceptors (Lipinski definition) is 8. The number of hydrogen-bond donors (Lipinski definition) is 2. The summed E-state index contributed by atoms with van der Waals surface area (Å²) in [5, 5.41) is 4.69. The van der Waals surface area contributed by atoms with Crippen LogP contribution < -0.4 is 15.5 Å². The van der Waals surface area contributed by atoms with Crippen LogP contribution in [0.3, 0.4) is 0 Å². The summed E-state index contributed by atoms with van der Waals surface area (Å²) < 4.78 is 0. The molecule has 2 N–H and O–H groups in total. The van der Waals surface area contributed by atoms with Crippen molar-refractivity contribution < 1.29 is 14.4 Å². The van der Waals surface area contributed by atoms with Crippen molar-refractivity contribution in [1.82, 2.24) is 25.2 Å². The molecule has 0 saturated carbocycles. The Balaban J connectivity index is 1.17. The first-order valence-electron chi connectivity index (χ1n) is 9.30. The summed E-state index contributed by atoms with van der Waals surface area (Å²) in [6.45, 7) is 2.86. The summed E-state index contributed by atoms with van der Waals surface area (Å²) in [7, 11) is 0. The van der Waals surface area contributed by atoms with Crippen LogP contribution in [0.5, 0.6) is 0 Å². The van der Waals surface area contributed by atoms with Crippen molar-refractivity contribution in [1.29, 1.82) is 0 Å². The van der Waals surface area contributed by atoms with Gasteiger partial charge in [0.1, 0.15) is 6.33 Å². The zero-order valence-corrected chi connectivity index (χ0v) is 16.6. The minimum Gasteiger partial charge on any atom is -0.339 e. The van der Waals surface area contributed by atoms with Gasteiger partial charge in [0.05, 0.1) is 4.91 Å². The Morgan fingerprint density at radius 2 is 1.90 bits per heavy atom. The van der Waals surface area contributed by atoms with Gasteiger partial charge in [-0.05, 0) is 23.9 Å². The predicted octanol–water partition coefficient (Wildman–Crippen LogP) is 1.55. The van der Waals surface area contributed by atoms with Gasteiger partial charge in [0.2, 0.25) is 5.95 Å². The van der Waals surface area contributed by atoms with E-state index in [0.717, 1.165) is 30.5 Å². The summed E-state index contributed by atoms with van der Waals surface area (Å²) in [5.74, 6) is 0.397. The second-order valence-corrected chi connectivity index (χ2v) is 8.52. The zero-order valence-electron chi connectivity index (χ0n) is 15.7. The number of amides is 4. The van der Waals surface area contributed by atoms with Gasteiger partial charge in [-0.15, -0.1) is 0 Å². The smallest absolute Gasteiger partial charge is 0.321 e. The highest BCUT2D eigenvalue weighted by Gasteiger charge is 2.54. The van der Waals surface area contributed by atoms with Crippen molar-refractivity contribution >= 4 is 46.7 Å². The van der Waals surface area contributed by atoms with E-state index in [2.05, 4.69) is 25.6 Å². The van der Waals surface area contributed by atoms with Crippen LogP contribution in [0, 0.1) is 5.41 Å². The molecule has 3 aliphatic rings. The minimum atomic E-state index is -0.446. The highest BCUT2D eigenvalue weighted by Crippen LogP contribution is 2.41. The highest BCUT2D eigenvalue weighted by atomic mass is 32.2. The molecule has 0 radical (unpaired) electrons. The molecule has 3 aliphatic heterocycles. The molecular formula is C19H17N7O3S. The van der Waals surface area contributed by atoms with Crippen LogP contribution in [-0.2, 0) is 4.79 Å². The average molecular weight is 423 g/mol. The van der Waals surface area contributed by atoms with Crippen molar-refractivity contribution in [2.75, 3.05) is 36.4 Å². The molecule has 1 aromatic carbocycles. The fourth-order valence-electron chi connectivity index (χ4n) is 3.80. The maximum Gasteiger partial charge on any atom is 0.321 e. The monoisotopic (exact) mass is 423 g/mol. The number of anilines is 2. The fourth-order valence-corrected chi connectivity index (χ4v) is 4.45. The number of para-hydroxylation sites is 1. The first-order chi connectivity index (χ1) is 14.5. The standard InChI is InChI=1S/C19H17N7O3S/c27-15-13(30-18(29)24-15)6-14-20-11-21-16(23-14)25-7-19(8-25)9-26(10-19)17(28)22-12-4-2-1-3-5-12/h1-6,11H,7-10H2,(H,22,28)(H,24,27,29)/b13-6+. The van der Waals surface area contributed by atoms with E-state index in [1.807, 2.05) is 35.2 Å². The number of imide groups is 1. The van der Waals surface area contributed by atoms with Gasteiger partial charge in [0.15, 0.2) is 5.82 Å². The fraction of sp³-hybridized carbons (Fsp3) is 0.263. The molecule has 1 aromatic heterocycles. The number of aromatic nitrogens is 3. The number of likely N-dealkylation sites (tertiary alicyclic amines) is 1. The number of nitrogens with zero attached hydrogens (tertiary/aromatic N) is 5. The van der Waals surface area contributed by atoms with Crippen LogP contribution in [0.15, 0.2) is 41.6 Å². The molecule has 10 nitrogen and oxygen atoms in total. The summed E-state index contributed by atoms with van der Waals surface area (Å²) >= 11 is 0.823. The van der Waals surface area contributed by atoms with E-state index in [9.17, 15) is 14.4 Å². The number of rotatable bonds is 3. The molecule has 0 atom stereocenters. The van der Waals surface area contributed by atoms with Gasteiger partial charge in [-0.25, -0.2) is 14.8 Å². The second-order valence-electron chi connectivity index (χ2n) is 7.50. The third kappa shape index (κ3) is 3.47. The van der Waals surface area contributed by atoms with Gasteiger partial charge >= 0.3 is 6.03 Å². The maximum atomic E-state index is 12.3. The zero-order chi connectivity index (χ0) is 20.7. The molecule has 152 valence electrons. The van der Waals surface area contributed by atoms with Gasteiger partial charge in [0, 0.05) is 43.4 Å². The van der Waals surface area contributed by atoms with Crippen LogP contribution in [0.1, 0.15) is 5.82 Å². The van der Waals surface area contributed by atoms with Crippen LogP contribution in [0.25, 0.3) is 6.08 Å². The molecule has 1 spiro atoms. The van der Waals surface area contributed by atoms with Crippen LogP contribution in [-0.4, -0.2) is 63.2 Å². The van der Waals surface area contributed by atoms with E-state index < -0.39 is 11.1 Å². The molecule has 0 bridgehead atoms. The molecule has 4 amide bonds. The van der Waals surface area contributed by atoms with Gasteiger partial charge in [0.25, 0.3) is 11.1 Å². The summed E-state index contributed by atoms with van der Waals surface area (Å²) in [5.41, 5.74) is 0.841. The SMILES string of the molecule is O=C1NC(=O)/C(=C\c2ncnc(N3CC4(CN(C(=O)Nc5ccccc5)C4)C3)n2)S1. The highest BCUT2D eigenvalue weighted by molar-refractivity contribution is 8.18. The third-order valence-corrected chi connectivity index (χ3v) is 5.99. The van der Waals surface area contributed by atoms with E-state index in [4.69, 9.17) is 0 Å². The lowest BCUT2D eigenvalue weighted by Crippen LogP contribution is -2.73. The second kappa shape index (κ2) is 7.10. The molecule has 4 heterocycles. The van der Waals surface area contributed by atoms with Crippen molar-refractivity contribution in [3.05, 3.63) is 47.4 Å². The number of thioether (sulfide) groups is 1. The number of urea groups is 1. The molecule has 30 heavy (non-hydrogen) atoms. The Morgan fingerprint density at radius 3 is 2.60 bits per heavy atom. The minimum absolute atomic E-state index is 0.0624. The summed E-state index contributed by atoms with van der Waals surface area (Å²) in [6.07, 6.45) is 2.87. The van der Waals surface area contributed by atoms with Crippen molar-refractivity contribution in [3.8, 4) is 0 Å². The lowest BCUT2D eigenvalue weighted by molar-refractivity contribution is -0.115. The molecule has 0 unspecified atom stereocenters. The lowest BCUT2D eigenvalue weighted by Gasteiger charge is -2.59. The Hall–Kier alpha value is -3.47. The molecule has 5 rings (SSSR count). The number of carbonyl (C=O) groups excluding carboxylic acids is 3. The van der Waals surface area contributed by atoms with E-state index in [0.29, 0.717) is 24.9 Å². The van der Waals surface area contributed by atoms with Gasteiger partial charge in [-0.3, -0.25) is 14.9 Å². The van der Waals surface area contributed by atoms with Crippen LogP contribution in [0.2, 0.25) is 0 Å². The predicted molar refractivity (Wildman–Crippen MR) is 111 cm³/mol. The van der Waals surface area contributed by atoms with Gasteiger partial charge in [-0.1, -0.05) is 18.2 Å². The molecule has 3 fully saturated rings.